The van der Waals surface area contributed by atoms with Gasteiger partial charge in [0.05, 0.1) is 17.8 Å². The van der Waals surface area contributed by atoms with Gasteiger partial charge in [-0.25, -0.2) is 4.39 Å². The van der Waals surface area contributed by atoms with Crippen molar-refractivity contribution >= 4 is 29.0 Å². The molecule has 2 unspecified atom stereocenters. The number of hydrogen-bond donors (Lipinski definition) is 2. The Bertz CT molecular complexity index is 1110. The molecule has 1 aliphatic rings. The third kappa shape index (κ3) is 4.23. The van der Waals surface area contributed by atoms with Crippen LogP contribution in [-0.2, 0) is 7.05 Å². The maximum atomic E-state index is 13.4. The number of ether oxygens (including phenoxy) is 1. The highest BCUT2D eigenvalue weighted by Crippen LogP contribution is 2.45. The molecule has 3 aromatic rings. The molecule has 162 valence electrons. The lowest BCUT2D eigenvalue weighted by atomic mass is 9.94. The van der Waals surface area contributed by atoms with Crippen LogP contribution < -0.4 is 15.8 Å². The maximum absolute atomic E-state index is 13.4. The smallest absolute Gasteiger partial charge is 0.261 e. The number of rotatable bonds is 5. The summed E-state index contributed by atoms with van der Waals surface area (Å²) in [5, 5.41) is 7.27. The van der Waals surface area contributed by atoms with Gasteiger partial charge in [0.15, 0.2) is 0 Å². The number of amides is 1. The van der Waals surface area contributed by atoms with E-state index in [0.717, 1.165) is 25.0 Å². The molecule has 4 rings (SSSR count). The van der Waals surface area contributed by atoms with E-state index in [-0.39, 0.29) is 16.8 Å². The van der Waals surface area contributed by atoms with Crippen molar-refractivity contribution in [3.05, 3.63) is 70.1 Å². The summed E-state index contributed by atoms with van der Waals surface area (Å²) >= 11 is 5.83. The molecule has 0 bridgehead atoms. The number of nitrogen functional groups attached to an aromatic ring is 1. The van der Waals surface area contributed by atoms with Crippen LogP contribution >= 0.6 is 11.6 Å². The van der Waals surface area contributed by atoms with Gasteiger partial charge in [-0.15, -0.1) is 0 Å². The summed E-state index contributed by atoms with van der Waals surface area (Å²) in [4.78, 5) is 13.0. The lowest BCUT2D eigenvalue weighted by Gasteiger charge is -2.13. The highest BCUT2D eigenvalue weighted by atomic mass is 35.5. The monoisotopic (exact) mass is 442 g/mol. The summed E-state index contributed by atoms with van der Waals surface area (Å²) in [5.74, 6) is 0.705. The quantitative estimate of drug-likeness (QED) is 0.575. The van der Waals surface area contributed by atoms with E-state index in [1.807, 2.05) is 12.1 Å². The standard InChI is InChI=1S/C23H24ClFN4O2/c1-29-22(26)20(23(30)27-16-7-10-19(25)18(24)12-16)21(28-29)15-4-3-14(11-15)13-5-8-17(31-2)9-6-13/h5-10,12,14-15H,3-4,11,26H2,1-2H3,(H,27,30). The third-order valence-corrected chi connectivity index (χ3v) is 6.22. The summed E-state index contributed by atoms with van der Waals surface area (Å²) < 4.78 is 20.2. The molecular formula is C23H24ClFN4O2. The van der Waals surface area contributed by atoms with Crippen molar-refractivity contribution in [1.82, 2.24) is 9.78 Å². The molecule has 31 heavy (non-hydrogen) atoms. The number of aromatic nitrogens is 2. The highest BCUT2D eigenvalue weighted by Gasteiger charge is 2.33. The van der Waals surface area contributed by atoms with E-state index in [4.69, 9.17) is 22.1 Å². The Hall–Kier alpha value is -3.06. The first-order valence-corrected chi connectivity index (χ1v) is 10.5. The van der Waals surface area contributed by atoms with Crippen LogP contribution in [0.1, 0.15) is 52.7 Å². The minimum absolute atomic E-state index is 0.0599. The van der Waals surface area contributed by atoms with Crippen LogP contribution in [0.2, 0.25) is 5.02 Å². The molecule has 1 fully saturated rings. The molecule has 2 aromatic carbocycles. The van der Waals surface area contributed by atoms with E-state index in [0.29, 0.717) is 28.7 Å². The minimum atomic E-state index is -0.545. The molecule has 1 amide bonds. The average molecular weight is 443 g/mol. The molecule has 1 aromatic heterocycles. The number of nitrogens with one attached hydrogen (secondary N) is 1. The van der Waals surface area contributed by atoms with Gasteiger partial charge >= 0.3 is 0 Å². The molecule has 1 heterocycles. The second kappa shape index (κ2) is 8.59. The third-order valence-electron chi connectivity index (χ3n) is 5.93. The van der Waals surface area contributed by atoms with Crippen LogP contribution in [0.15, 0.2) is 42.5 Å². The van der Waals surface area contributed by atoms with Gasteiger partial charge in [0.25, 0.3) is 5.91 Å². The molecule has 0 saturated heterocycles. The Morgan fingerprint density at radius 1 is 1.23 bits per heavy atom. The van der Waals surface area contributed by atoms with Gasteiger partial charge in [0.1, 0.15) is 22.9 Å². The summed E-state index contributed by atoms with van der Waals surface area (Å²) in [6, 6.07) is 12.1. The van der Waals surface area contributed by atoms with Crippen molar-refractivity contribution in [2.75, 3.05) is 18.2 Å². The van der Waals surface area contributed by atoms with Gasteiger partial charge in [0, 0.05) is 18.7 Å². The number of carbonyl (C=O) groups excluding carboxylic acids is 1. The lowest BCUT2D eigenvalue weighted by Crippen LogP contribution is -2.16. The van der Waals surface area contributed by atoms with Gasteiger partial charge in [-0.1, -0.05) is 23.7 Å². The molecule has 3 N–H and O–H groups in total. The molecule has 2 atom stereocenters. The summed E-state index contributed by atoms with van der Waals surface area (Å²) in [6.45, 7) is 0. The summed E-state index contributed by atoms with van der Waals surface area (Å²) in [7, 11) is 3.37. The second-order valence-corrected chi connectivity index (χ2v) is 8.24. The zero-order valence-corrected chi connectivity index (χ0v) is 18.1. The highest BCUT2D eigenvalue weighted by molar-refractivity contribution is 6.31. The number of methoxy groups -OCH3 is 1. The van der Waals surface area contributed by atoms with Crippen molar-refractivity contribution in [3.8, 4) is 5.75 Å². The predicted molar refractivity (Wildman–Crippen MR) is 119 cm³/mol. The Balaban J connectivity index is 1.56. The summed E-state index contributed by atoms with van der Waals surface area (Å²) in [5.41, 5.74) is 8.90. The molecule has 1 saturated carbocycles. The van der Waals surface area contributed by atoms with Gasteiger partial charge in [-0.2, -0.15) is 5.10 Å². The van der Waals surface area contributed by atoms with Crippen molar-refractivity contribution in [2.24, 2.45) is 7.05 Å². The SMILES string of the molecule is COc1ccc(C2CCC(c3nn(C)c(N)c3C(=O)Nc3ccc(F)c(Cl)c3)C2)cc1. The van der Waals surface area contributed by atoms with Gasteiger partial charge in [-0.05, 0) is 61.1 Å². The average Bonchev–Trinajstić information content (AvgIpc) is 3.36. The largest absolute Gasteiger partial charge is 0.497 e. The topological polar surface area (TPSA) is 82.2 Å². The fraction of sp³-hybridized carbons (Fsp3) is 0.304. The number of nitrogens with two attached hydrogens (primary N) is 1. The van der Waals surface area contributed by atoms with E-state index in [2.05, 4.69) is 22.5 Å². The van der Waals surface area contributed by atoms with Crippen LogP contribution in [0.4, 0.5) is 15.9 Å². The number of benzene rings is 2. The van der Waals surface area contributed by atoms with Gasteiger partial charge in [0.2, 0.25) is 0 Å². The molecule has 0 aliphatic heterocycles. The summed E-state index contributed by atoms with van der Waals surface area (Å²) in [6.07, 6.45) is 2.79. The Labute approximate surface area is 185 Å². The number of halogens is 2. The fourth-order valence-corrected chi connectivity index (χ4v) is 4.43. The van der Waals surface area contributed by atoms with Crippen LogP contribution in [0, 0.1) is 5.82 Å². The van der Waals surface area contributed by atoms with E-state index in [1.165, 1.54) is 28.4 Å². The van der Waals surface area contributed by atoms with E-state index >= 15 is 0 Å². The Morgan fingerprint density at radius 3 is 2.61 bits per heavy atom. The molecule has 8 heteroatoms. The molecule has 1 aliphatic carbocycles. The number of carbonyl (C=O) groups is 1. The first kappa shape index (κ1) is 21.2. The normalized spacial score (nSPS) is 18.2. The fourth-order valence-electron chi connectivity index (χ4n) is 4.25. The lowest BCUT2D eigenvalue weighted by molar-refractivity contribution is 0.102. The van der Waals surface area contributed by atoms with Crippen LogP contribution in [0.3, 0.4) is 0 Å². The molecule has 0 spiro atoms. The second-order valence-electron chi connectivity index (χ2n) is 7.83. The van der Waals surface area contributed by atoms with Gasteiger partial charge < -0.3 is 15.8 Å². The number of hydrogen-bond acceptors (Lipinski definition) is 4. The Morgan fingerprint density at radius 2 is 1.94 bits per heavy atom. The number of nitrogens with zero attached hydrogens (tertiary/aromatic N) is 2. The van der Waals surface area contributed by atoms with E-state index in [1.54, 1.807) is 14.2 Å². The van der Waals surface area contributed by atoms with Crippen LogP contribution in [0.5, 0.6) is 5.75 Å². The van der Waals surface area contributed by atoms with E-state index < -0.39 is 5.82 Å². The zero-order valence-electron chi connectivity index (χ0n) is 17.4. The number of aryl methyl sites for hydroxylation is 1. The maximum Gasteiger partial charge on any atom is 0.261 e. The zero-order chi connectivity index (χ0) is 22.1. The van der Waals surface area contributed by atoms with Crippen molar-refractivity contribution in [3.63, 3.8) is 0 Å². The van der Waals surface area contributed by atoms with Crippen molar-refractivity contribution < 1.29 is 13.9 Å². The molecule has 0 radical (unpaired) electrons. The van der Waals surface area contributed by atoms with Crippen molar-refractivity contribution in [2.45, 2.75) is 31.1 Å². The van der Waals surface area contributed by atoms with Crippen LogP contribution in [0.25, 0.3) is 0 Å². The first-order valence-electron chi connectivity index (χ1n) is 10.1. The van der Waals surface area contributed by atoms with Crippen molar-refractivity contribution in [1.29, 1.82) is 0 Å². The van der Waals surface area contributed by atoms with E-state index in [9.17, 15) is 9.18 Å². The predicted octanol–water partition coefficient (Wildman–Crippen LogP) is 5.11. The number of anilines is 2. The Kier molecular flexibility index (Phi) is 5.87. The minimum Gasteiger partial charge on any atom is -0.497 e. The first-order chi connectivity index (χ1) is 14.9. The molecular weight excluding hydrogens is 419 g/mol. The van der Waals surface area contributed by atoms with Crippen LogP contribution in [-0.4, -0.2) is 22.8 Å². The van der Waals surface area contributed by atoms with Gasteiger partial charge in [-0.3, -0.25) is 9.48 Å². The molecule has 6 nitrogen and oxygen atoms in total.